The minimum absolute atomic E-state index is 0.0312. The molecular formula is C11H17N3O3S. The van der Waals surface area contributed by atoms with Gasteiger partial charge in [0.2, 0.25) is 5.91 Å². The third-order valence-electron chi connectivity index (χ3n) is 2.28. The molecule has 1 amide bonds. The lowest BCUT2D eigenvalue weighted by Crippen LogP contribution is -2.37. The van der Waals surface area contributed by atoms with E-state index in [-0.39, 0.29) is 11.6 Å². The maximum absolute atomic E-state index is 11.6. The molecule has 0 aliphatic rings. The molecule has 0 bridgehead atoms. The Bertz CT molecular complexity index is 445. The van der Waals surface area contributed by atoms with Crippen molar-refractivity contribution in [2.75, 3.05) is 11.9 Å². The maximum atomic E-state index is 11.6. The van der Waals surface area contributed by atoms with Crippen LogP contribution in [-0.2, 0) is 4.79 Å². The first-order valence-electron chi connectivity index (χ1n) is 5.70. The Hall–Kier alpha value is -1.63. The van der Waals surface area contributed by atoms with Crippen LogP contribution in [-0.4, -0.2) is 34.6 Å². The van der Waals surface area contributed by atoms with E-state index in [4.69, 9.17) is 5.11 Å². The molecule has 7 heteroatoms. The van der Waals surface area contributed by atoms with Crippen molar-refractivity contribution in [3.63, 3.8) is 0 Å². The Labute approximate surface area is 109 Å². The van der Waals surface area contributed by atoms with Gasteiger partial charge >= 0.3 is 5.97 Å². The van der Waals surface area contributed by atoms with Gasteiger partial charge in [0.05, 0.1) is 0 Å². The molecule has 0 saturated heterocycles. The zero-order chi connectivity index (χ0) is 13.7. The fourth-order valence-electron chi connectivity index (χ4n) is 1.31. The first-order chi connectivity index (χ1) is 8.45. The van der Waals surface area contributed by atoms with Gasteiger partial charge in [-0.15, -0.1) is 11.3 Å². The summed E-state index contributed by atoms with van der Waals surface area (Å²) in [6, 6.07) is -0.441. The summed E-state index contributed by atoms with van der Waals surface area (Å²) >= 11 is 1.23. The number of anilines is 1. The summed E-state index contributed by atoms with van der Waals surface area (Å²) in [6.07, 6.45) is 0.873. The monoisotopic (exact) mass is 271 g/mol. The van der Waals surface area contributed by atoms with Gasteiger partial charge < -0.3 is 15.7 Å². The van der Waals surface area contributed by atoms with Gasteiger partial charge in [0.25, 0.3) is 0 Å². The molecule has 1 aromatic heterocycles. The van der Waals surface area contributed by atoms with E-state index < -0.39 is 12.0 Å². The average molecular weight is 271 g/mol. The standard InChI is InChI=1S/C11H17N3O3S/c1-4-5-12-9(15)6(2)13-11-14-8(10(16)17)7(3)18-11/h6H,4-5H2,1-3H3,(H,12,15)(H,13,14)(H,16,17). The van der Waals surface area contributed by atoms with Crippen LogP contribution in [0.5, 0.6) is 0 Å². The number of aromatic carboxylic acids is 1. The van der Waals surface area contributed by atoms with Crippen molar-refractivity contribution >= 4 is 28.3 Å². The number of rotatable bonds is 6. The Morgan fingerprint density at radius 3 is 2.67 bits per heavy atom. The van der Waals surface area contributed by atoms with Crippen LogP contribution >= 0.6 is 11.3 Å². The number of carbonyl (C=O) groups is 2. The fourth-order valence-corrected chi connectivity index (χ4v) is 2.20. The van der Waals surface area contributed by atoms with Crippen molar-refractivity contribution in [1.29, 1.82) is 0 Å². The number of nitrogens with one attached hydrogen (secondary N) is 2. The Balaban J connectivity index is 2.64. The molecule has 0 saturated carbocycles. The summed E-state index contributed by atoms with van der Waals surface area (Å²) in [5, 5.41) is 15.0. The number of aromatic nitrogens is 1. The third-order valence-corrected chi connectivity index (χ3v) is 3.18. The molecule has 0 spiro atoms. The molecule has 0 radical (unpaired) electrons. The second kappa shape index (κ2) is 6.34. The number of hydrogen-bond acceptors (Lipinski definition) is 5. The van der Waals surface area contributed by atoms with E-state index in [0.29, 0.717) is 16.6 Å². The molecule has 1 rings (SSSR count). The van der Waals surface area contributed by atoms with Gasteiger partial charge in [0, 0.05) is 11.4 Å². The van der Waals surface area contributed by atoms with E-state index in [1.165, 1.54) is 11.3 Å². The van der Waals surface area contributed by atoms with E-state index in [2.05, 4.69) is 15.6 Å². The van der Waals surface area contributed by atoms with Crippen molar-refractivity contribution in [1.82, 2.24) is 10.3 Å². The molecule has 6 nitrogen and oxygen atoms in total. The second-order valence-corrected chi connectivity index (χ2v) is 5.09. The lowest BCUT2D eigenvalue weighted by atomic mass is 10.3. The molecule has 18 heavy (non-hydrogen) atoms. The average Bonchev–Trinajstić information content (AvgIpc) is 2.67. The topological polar surface area (TPSA) is 91.3 Å². The van der Waals surface area contributed by atoms with Crippen LogP contribution in [0.15, 0.2) is 0 Å². The SMILES string of the molecule is CCCNC(=O)C(C)Nc1nc(C(=O)O)c(C)s1. The van der Waals surface area contributed by atoms with Gasteiger partial charge in [-0.1, -0.05) is 6.92 Å². The summed E-state index contributed by atoms with van der Waals surface area (Å²) in [4.78, 5) is 27.0. The third kappa shape index (κ3) is 3.69. The number of aryl methyl sites for hydroxylation is 1. The van der Waals surface area contributed by atoms with E-state index in [9.17, 15) is 9.59 Å². The number of carbonyl (C=O) groups excluding carboxylic acids is 1. The van der Waals surface area contributed by atoms with Gasteiger partial charge in [0.15, 0.2) is 10.8 Å². The van der Waals surface area contributed by atoms with Crippen LogP contribution in [0.1, 0.15) is 35.6 Å². The summed E-state index contributed by atoms with van der Waals surface area (Å²) in [5.74, 6) is -1.18. The molecule has 0 fully saturated rings. The van der Waals surface area contributed by atoms with Crippen molar-refractivity contribution in [2.45, 2.75) is 33.2 Å². The van der Waals surface area contributed by atoms with Crippen LogP contribution in [0.3, 0.4) is 0 Å². The molecule has 0 aliphatic carbocycles. The van der Waals surface area contributed by atoms with Crippen molar-refractivity contribution in [3.05, 3.63) is 10.6 Å². The zero-order valence-corrected chi connectivity index (χ0v) is 11.4. The number of nitrogens with zero attached hydrogens (tertiary/aromatic N) is 1. The smallest absolute Gasteiger partial charge is 0.355 e. The lowest BCUT2D eigenvalue weighted by Gasteiger charge is -2.12. The molecule has 0 aliphatic heterocycles. The van der Waals surface area contributed by atoms with Gasteiger partial charge in [-0.3, -0.25) is 4.79 Å². The maximum Gasteiger partial charge on any atom is 0.355 e. The molecule has 1 aromatic rings. The number of amides is 1. The Morgan fingerprint density at radius 2 is 2.17 bits per heavy atom. The normalized spacial score (nSPS) is 11.9. The molecule has 1 heterocycles. The highest BCUT2D eigenvalue weighted by Crippen LogP contribution is 2.22. The summed E-state index contributed by atoms with van der Waals surface area (Å²) in [6.45, 7) is 6.00. The first-order valence-corrected chi connectivity index (χ1v) is 6.52. The lowest BCUT2D eigenvalue weighted by molar-refractivity contribution is -0.121. The summed E-state index contributed by atoms with van der Waals surface area (Å²) in [7, 11) is 0. The molecule has 0 aromatic carbocycles. The van der Waals surface area contributed by atoms with Crippen LogP contribution in [0.4, 0.5) is 5.13 Å². The zero-order valence-electron chi connectivity index (χ0n) is 10.6. The predicted octanol–water partition coefficient (Wildman–Crippen LogP) is 1.48. The van der Waals surface area contributed by atoms with Crippen LogP contribution in [0, 0.1) is 6.92 Å². The summed E-state index contributed by atoms with van der Waals surface area (Å²) < 4.78 is 0. The quantitative estimate of drug-likeness (QED) is 0.729. The predicted molar refractivity (Wildman–Crippen MR) is 70.2 cm³/mol. The highest BCUT2D eigenvalue weighted by atomic mass is 32.1. The van der Waals surface area contributed by atoms with E-state index in [1.54, 1.807) is 13.8 Å². The van der Waals surface area contributed by atoms with Crippen LogP contribution < -0.4 is 10.6 Å². The Kier molecular flexibility index (Phi) is 5.08. The van der Waals surface area contributed by atoms with E-state index >= 15 is 0 Å². The van der Waals surface area contributed by atoms with Crippen LogP contribution in [0.2, 0.25) is 0 Å². The minimum atomic E-state index is -1.06. The number of carboxylic acid groups (broad SMARTS) is 1. The second-order valence-electron chi connectivity index (χ2n) is 3.89. The van der Waals surface area contributed by atoms with Gasteiger partial charge in [-0.05, 0) is 20.3 Å². The highest BCUT2D eigenvalue weighted by molar-refractivity contribution is 7.15. The minimum Gasteiger partial charge on any atom is -0.476 e. The van der Waals surface area contributed by atoms with Gasteiger partial charge in [0.1, 0.15) is 6.04 Å². The largest absolute Gasteiger partial charge is 0.476 e. The van der Waals surface area contributed by atoms with Crippen molar-refractivity contribution in [3.8, 4) is 0 Å². The highest BCUT2D eigenvalue weighted by Gasteiger charge is 2.17. The van der Waals surface area contributed by atoms with Gasteiger partial charge in [-0.25, -0.2) is 9.78 Å². The molecule has 1 unspecified atom stereocenters. The number of hydrogen-bond donors (Lipinski definition) is 3. The molecule has 100 valence electrons. The number of carboxylic acids is 1. The Morgan fingerprint density at radius 1 is 1.50 bits per heavy atom. The van der Waals surface area contributed by atoms with E-state index in [1.807, 2.05) is 6.92 Å². The molecule has 3 N–H and O–H groups in total. The van der Waals surface area contributed by atoms with Crippen molar-refractivity contribution < 1.29 is 14.7 Å². The molecule has 1 atom stereocenters. The fraction of sp³-hybridized carbons (Fsp3) is 0.545. The van der Waals surface area contributed by atoms with Crippen molar-refractivity contribution in [2.24, 2.45) is 0 Å². The van der Waals surface area contributed by atoms with Crippen LogP contribution in [0.25, 0.3) is 0 Å². The number of thiazole rings is 1. The summed E-state index contributed by atoms with van der Waals surface area (Å²) in [5.41, 5.74) is 0.0312. The molecular weight excluding hydrogens is 254 g/mol. The first kappa shape index (κ1) is 14.4. The van der Waals surface area contributed by atoms with Gasteiger partial charge in [-0.2, -0.15) is 0 Å². The van der Waals surface area contributed by atoms with E-state index in [0.717, 1.165) is 6.42 Å².